The fourth-order valence-electron chi connectivity index (χ4n) is 3.18. The summed E-state index contributed by atoms with van der Waals surface area (Å²) >= 11 is 1.84. The minimum Gasteiger partial charge on any atom is -0.475 e. The molecule has 9 heteroatoms. The number of amides is 1. The number of carbonyl (C=O) groups excluding carboxylic acids is 1. The van der Waals surface area contributed by atoms with Gasteiger partial charge in [0.05, 0.1) is 0 Å². The maximum absolute atomic E-state index is 11.4. The van der Waals surface area contributed by atoms with Crippen LogP contribution >= 0.6 is 11.3 Å². The lowest BCUT2D eigenvalue weighted by atomic mass is 9.89. The first-order valence-electron chi connectivity index (χ1n) is 8.06. The fourth-order valence-corrected chi connectivity index (χ4v) is 3.93. The summed E-state index contributed by atoms with van der Waals surface area (Å²) in [4.78, 5) is 24.3. The number of likely N-dealkylation sites (tertiary alicyclic amines) is 1. The van der Waals surface area contributed by atoms with Crippen LogP contribution in [0.4, 0.5) is 13.2 Å². The molecule has 1 atom stereocenters. The molecule has 1 spiro atoms. The second kappa shape index (κ2) is 8.18. The van der Waals surface area contributed by atoms with Gasteiger partial charge in [-0.2, -0.15) is 13.2 Å². The van der Waals surface area contributed by atoms with Crippen LogP contribution in [0.25, 0.3) is 0 Å². The number of nitrogens with one attached hydrogen (secondary N) is 1. The number of carbonyl (C=O) groups is 2. The Kier molecular flexibility index (Phi) is 6.45. The summed E-state index contributed by atoms with van der Waals surface area (Å²) < 4.78 is 31.7. The molecule has 0 aromatic carbocycles. The Morgan fingerprint density at radius 1 is 1.32 bits per heavy atom. The quantitative estimate of drug-likeness (QED) is 0.830. The predicted octanol–water partition coefficient (Wildman–Crippen LogP) is 3.02. The molecule has 0 bridgehead atoms. The van der Waals surface area contributed by atoms with Gasteiger partial charge in [0.25, 0.3) is 0 Å². The number of alkyl halides is 3. The van der Waals surface area contributed by atoms with Crippen molar-refractivity contribution in [2.24, 2.45) is 0 Å². The largest absolute Gasteiger partial charge is 0.490 e. The Morgan fingerprint density at radius 2 is 2.04 bits per heavy atom. The van der Waals surface area contributed by atoms with Gasteiger partial charge in [-0.15, -0.1) is 11.3 Å². The van der Waals surface area contributed by atoms with Gasteiger partial charge in [0.2, 0.25) is 5.91 Å². The summed E-state index contributed by atoms with van der Waals surface area (Å²) in [6, 6.07) is 4.33. The third-order valence-electron chi connectivity index (χ3n) is 4.47. The molecule has 3 heterocycles. The van der Waals surface area contributed by atoms with Gasteiger partial charge in [-0.25, -0.2) is 4.79 Å². The molecule has 2 fully saturated rings. The highest BCUT2D eigenvalue weighted by atomic mass is 32.1. The third kappa shape index (κ3) is 6.00. The molecule has 0 saturated carbocycles. The van der Waals surface area contributed by atoms with Crippen LogP contribution in [0, 0.1) is 0 Å². The number of hydrogen-bond donors (Lipinski definition) is 2. The maximum Gasteiger partial charge on any atom is 0.490 e. The van der Waals surface area contributed by atoms with Crippen LogP contribution in [0.5, 0.6) is 0 Å². The molecular formula is C16H21F3N2O3S. The van der Waals surface area contributed by atoms with Crippen molar-refractivity contribution in [1.82, 2.24) is 10.2 Å². The molecule has 25 heavy (non-hydrogen) atoms. The first kappa shape index (κ1) is 19.7. The van der Waals surface area contributed by atoms with Gasteiger partial charge in [0.15, 0.2) is 0 Å². The molecule has 2 aliphatic heterocycles. The highest BCUT2D eigenvalue weighted by molar-refractivity contribution is 7.09. The number of halogens is 3. The second-order valence-electron chi connectivity index (χ2n) is 6.34. The summed E-state index contributed by atoms with van der Waals surface area (Å²) in [7, 11) is 0. The molecule has 1 aromatic rings. The zero-order chi connectivity index (χ0) is 18.5. The van der Waals surface area contributed by atoms with Gasteiger partial charge in [-0.05, 0) is 43.7 Å². The molecule has 1 amide bonds. The van der Waals surface area contributed by atoms with Gasteiger partial charge in [0.1, 0.15) is 0 Å². The van der Waals surface area contributed by atoms with Crippen LogP contribution in [0.2, 0.25) is 0 Å². The minimum absolute atomic E-state index is 0.126. The average molecular weight is 378 g/mol. The van der Waals surface area contributed by atoms with Crippen molar-refractivity contribution in [1.29, 1.82) is 0 Å². The Bertz CT molecular complexity index is 592. The monoisotopic (exact) mass is 378 g/mol. The zero-order valence-electron chi connectivity index (χ0n) is 13.6. The van der Waals surface area contributed by atoms with Crippen LogP contribution in [0.3, 0.4) is 0 Å². The van der Waals surface area contributed by atoms with E-state index in [-0.39, 0.29) is 11.4 Å². The molecule has 3 rings (SSSR count). The van der Waals surface area contributed by atoms with E-state index >= 15 is 0 Å². The fraction of sp³-hybridized carbons (Fsp3) is 0.625. The highest BCUT2D eigenvalue weighted by Crippen LogP contribution is 2.31. The number of nitrogens with zero attached hydrogens (tertiary/aromatic N) is 1. The lowest BCUT2D eigenvalue weighted by Crippen LogP contribution is -2.42. The highest BCUT2D eigenvalue weighted by Gasteiger charge is 2.39. The van der Waals surface area contributed by atoms with Gasteiger partial charge in [0, 0.05) is 29.9 Å². The molecule has 2 N–H and O–H groups in total. The Labute approximate surface area is 147 Å². The molecule has 0 aliphatic carbocycles. The van der Waals surface area contributed by atoms with E-state index in [9.17, 15) is 18.0 Å². The molecule has 1 unspecified atom stereocenters. The number of aliphatic carboxylic acids is 1. The second-order valence-corrected chi connectivity index (χ2v) is 7.37. The van der Waals surface area contributed by atoms with Crippen LogP contribution < -0.4 is 5.32 Å². The van der Waals surface area contributed by atoms with E-state index in [4.69, 9.17) is 9.90 Å². The summed E-state index contributed by atoms with van der Waals surface area (Å²) in [5.74, 6) is -2.51. The minimum atomic E-state index is -5.08. The first-order chi connectivity index (χ1) is 11.7. The van der Waals surface area contributed by atoms with Gasteiger partial charge >= 0.3 is 12.1 Å². The Morgan fingerprint density at radius 3 is 2.56 bits per heavy atom. The third-order valence-corrected chi connectivity index (χ3v) is 5.33. The summed E-state index contributed by atoms with van der Waals surface area (Å²) in [5, 5.41) is 12.5. The van der Waals surface area contributed by atoms with E-state index < -0.39 is 12.1 Å². The maximum atomic E-state index is 11.4. The number of carboxylic acids is 1. The molecule has 1 aromatic heterocycles. The molecule has 5 nitrogen and oxygen atoms in total. The zero-order valence-corrected chi connectivity index (χ0v) is 14.5. The lowest BCUT2D eigenvalue weighted by molar-refractivity contribution is -0.192. The van der Waals surface area contributed by atoms with Gasteiger partial charge in [-0.3, -0.25) is 9.69 Å². The van der Waals surface area contributed by atoms with Crippen molar-refractivity contribution in [3.8, 4) is 0 Å². The number of rotatable bonds is 2. The molecule has 140 valence electrons. The van der Waals surface area contributed by atoms with E-state index in [2.05, 4.69) is 27.7 Å². The van der Waals surface area contributed by atoms with Crippen LogP contribution in [-0.4, -0.2) is 46.7 Å². The molecular weight excluding hydrogens is 357 g/mol. The van der Waals surface area contributed by atoms with E-state index in [0.717, 1.165) is 45.3 Å². The molecule has 2 aliphatic rings. The molecule has 0 radical (unpaired) electrons. The number of thiophene rings is 1. The first-order valence-corrected chi connectivity index (χ1v) is 8.94. The van der Waals surface area contributed by atoms with E-state index in [1.54, 1.807) is 0 Å². The topological polar surface area (TPSA) is 69.6 Å². The van der Waals surface area contributed by atoms with Crippen molar-refractivity contribution >= 4 is 23.2 Å². The lowest BCUT2D eigenvalue weighted by Gasteiger charge is -2.27. The normalized spacial score (nSPS) is 24.4. The summed E-state index contributed by atoms with van der Waals surface area (Å²) in [5.41, 5.74) is 0.126. The smallest absolute Gasteiger partial charge is 0.475 e. The van der Waals surface area contributed by atoms with Gasteiger partial charge < -0.3 is 10.4 Å². The number of carboxylic acid groups (broad SMARTS) is 1. The van der Waals surface area contributed by atoms with Gasteiger partial charge in [-0.1, -0.05) is 6.07 Å². The van der Waals surface area contributed by atoms with Crippen molar-refractivity contribution in [3.63, 3.8) is 0 Å². The van der Waals surface area contributed by atoms with Crippen molar-refractivity contribution < 1.29 is 27.9 Å². The SMILES string of the molecule is O=C(O)C(F)(F)F.O=C1CCC2(CCCN(Cc3cccs3)CC2)N1. The van der Waals surface area contributed by atoms with Crippen LogP contribution in [-0.2, 0) is 16.1 Å². The van der Waals surface area contributed by atoms with Crippen LogP contribution in [0.15, 0.2) is 17.5 Å². The Hall–Kier alpha value is -1.61. The van der Waals surface area contributed by atoms with Crippen LogP contribution in [0.1, 0.15) is 37.0 Å². The van der Waals surface area contributed by atoms with Crippen molar-refractivity contribution in [2.75, 3.05) is 13.1 Å². The predicted molar refractivity (Wildman–Crippen MR) is 87.2 cm³/mol. The summed E-state index contributed by atoms with van der Waals surface area (Å²) in [6.45, 7) is 3.34. The Balaban J connectivity index is 0.000000277. The summed E-state index contributed by atoms with van der Waals surface area (Å²) in [6.07, 6.45) is 0.152. The standard InChI is InChI=1S/C14H20N2OS.C2HF3O2/c17-13-4-6-14(15-13)5-2-8-16(9-7-14)11-12-3-1-10-18-12;3-2(4,5)1(6)7/h1,3,10H,2,4-9,11H2,(H,15,17);(H,6,7). The number of hydrogen-bond acceptors (Lipinski definition) is 4. The molecule has 2 saturated heterocycles. The van der Waals surface area contributed by atoms with E-state index in [1.165, 1.54) is 11.3 Å². The van der Waals surface area contributed by atoms with E-state index in [1.807, 2.05) is 11.3 Å². The van der Waals surface area contributed by atoms with E-state index in [0.29, 0.717) is 0 Å². The average Bonchev–Trinajstić information content (AvgIpc) is 3.10. The van der Waals surface area contributed by atoms with Crippen molar-refractivity contribution in [2.45, 2.75) is 50.4 Å². The van der Waals surface area contributed by atoms with Crippen molar-refractivity contribution in [3.05, 3.63) is 22.4 Å².